The first-order valence-electron chi connectivity index (χ1n) is 8.37. The maximum atomic E-state index is 9.31. The third-order valence-electron chi connectivity index (χ3n) is 3.50. The fourth-order valence-electron chi connectivity index (χ4n) is 2.36. The van der Waals surface area contributed by atoms with E-state index in [1.165, 1.54) is 4.88 Å². The number of carboxylic acids is 1. The Kier molecular flexibility index (Phi) is 8.85. The lowest BCUT2D eigenvalue weighted by Crippen LogP contribution is -2.18. The third kappa shape index (κ3) is 6.72. The van der Waals surface area contributed by atoms with Crippen LogP contribution in [0.4, 0.5) is 0 Å². The van der Waals surface area contributed by atoms with Crippen molar-refractivity contribution < 1.29 is 34.3 Å². The highest BCUT2D eigenvalue weighted by Crippen LogP contribution is 2.41. The molecule has 0 bridgehead atoms. The lowest BCUT2D eigenvalue weighted by atomic mass is 10.2. The van der Waals surface area contributed by atoms with E-state index in [4.69, 9.17) is 24.6 Å². The zero-order valence-corrected chi connectivity index (χ0v) is 15.7. The molecule has 3 N–H and O–H groups in total. The van der Waals surface area contributed by atoms with E-state index in [2.05, 4.69) is 27.7 Å². The Hall–Kier alpha value is -2.33. The normalized spacial score (nSPS) is 13.3. The summed E-state index contributed by atoms with van der Waals surface area (Å²) in [7, 11) is 1.95. The number of para-hydroxylation sites is 1. The molecule has 1 aliphatic heterocycles. The van der Waals surface area contributed by atoms with E-state index in [9.17, 15) is 4.79 Å². The van der Waals surface area contributed by atoms with E-state index < -0.39 is 12.6 Å². The lowest BCUT2D eigenvalue weighted by Gasteiger charge is -2.24. The summed E-state index contributed by atoms with van der Waals surface area (Å²) in [5.74, 6) is 1.05. The average molecular weight is 397 g/mol. The number of carboxylic acid groups (broad SMARTS) is 1. The van der Waals surface area contributed by atoms with Crippen molar-refractivity contribution in [3.8, 4) is 17.2 Å². The molecule has 0 aliphatic carbocycles. The molecule has 148 valence electrons. The van der Waals surface area contributed by atoms with Gasteiger partial charge < -0.3 is 24.6 Å². The molecule has 0 saturated heterocycles. The molecule has 1 unspecified atom stereocenters. The Morgan fingerprint density at radius 3 is 2.74 bits per heavy atom. The number of carbonyl (C=O) groups is 1. The van der Waals surface area contributed by atoms with E-state index in [-0.39, 0.29) is 6.10 Å². The molecular formula is C18H23NO7S. The molecule has 0 amide bonds. The second-order valence-corrected chi connectivity index (χ2v) is 6.44. The Balaban J connectivity index is 0.000000380. The standard InChI is InChI=1S/C16H19NO3S.C2H4O4/c1-17-8-7-12(15-6-3-11-21-15)20-14-5-2-4-13-16(14)19-10-9-18-13;3-2(4)1-6-5/h2-6,11-12,17H,7-10H2,1H3;5H,1H2,(H,3,4). The lowest BCUT2D eigenvalue weighted by molar-refractivity contribution is -0.243. The van der Waals surface area contributed by atoms with Crippen molar-refractivity contribution in [2.24, 2.45) is 0 Å². The molecular weight excluding hydrogens is 374 g/mol. The molecule has 2 aromatic rings. The van der Waals surface area contributed by atoms with Crippen LogP contribution < -0.4 is 19.5 Å². The highest BCUT2D eigenvalue weighted by molar-refractivity contribution is 7.10. The minimum Gasteiger partial charge on any atom is -0.486 e. The van der Waals surface area contributed by atoms with Crippen molar-refractivity contribution >= 4 is 17.3 Å². The first-order chi connectivity index (χ1) is 13.2. The number of ether oxygens (including phenoxy) is 3. The van der Waals surface area contributed by atoms with Crippen LogP contribution in [0.15, 0.2) is 35.7 Å². The van der Waals surface area contributed by atoms with Crippen molar-refractivity contribution in [1.29, 1.82) is 0 Å². The average Bonchev–Trinajstić information content (AvgIpc) is 3.20. The number of aliphatic carboxylic acids is 1. The predicted molar refractivity (Wildman–Crippen MR) is 99.9 cm³/mol. The summed E-state index contributed by atoms with van der Waals surface area (Å²) in [6.07, 6.45) is 0.927. The van der Waals surface area contributed by atoms with Crippen LogP contribution in [0.3, 0.4) is 0 Å². The number of hydrogen-bond acceptors (Lipinski definition) is 8. The van der Waals surface area contributed by atoms with Gasteiger partial charge in [-0.1, -0.05) is 12.1 Å². The first-order valence-corrected chi connectivity index (χ1v) is 9.25. The smallest absolute Gasteiger partial charge is 0.333 e. The highest BCUT2D eigenvalue weighted by atomic mass is 32.1. The van der Waals surface area contributed by atoms with Crippen LogP contribution in [0.5, 0.6) is 17.2 Å². The summed E-state index contributed by atoms with van der Waals surface area (Å²) in [5, 5.41) is 20.2. The zero-order valence-electron chi connectivity index (χ0n) is 14.9. The topological polar surface area (TPSA) is 106 Å². The molecule has 0 radical (unpaired) electrons. The summed E-state index contributed by atoms with van der Waals surface area (Å²) in [5.41, 5.74) is 0. The van der Waals surface area contributed by atoms with Crippen molar-refractivity contribution in [2.75, 3.05) is 33.4 Å². The van der Waals surface area contributed by atoms with Crippen LogP contribution in [0.1, 0.15) is 17.4 Å². The summed E-state index contributed by atoms with van der Waals surface area (Å²) in [6, 6.07) is 9.95. The molecule has 1 atom stereocenters. The second-order valence-electron chi connectivity index (χ2n) is 5.46. The Morgan fingerprint density at radius 1 is 1.30 bits per heavy atom. The van der Waals surface area contributed by atoms with Gasteiger partial charge in [-0.2, -0.15) is 0 Å². The molecule has 27 heavy (non-hydrogen) atoms. The SMILES string of the molecule is CNCCC(Oc1cccc2c1OCCO2)c1cccs1.O=C(O)COO. The molecule has 1 aromatic carbocycles. The van der Waals surface area contributed by atoms with Gasteiger partial charge in [0.05, 0.1) is 0 Å². The van der Waals surface area contributed by atoms with Gasteiger partial charge in [-0.25, -0.2) is 9.68 Å². The molecule has 0 fully saturated rings. The van der Waals surface area contributed by atoms with Crippen LogP contribution in [-0.4, -0.2) is 49.7 Å². The number of thiophene rings is 1. The number of rotatable bonds is 8. The molecule has 1 aromatic heterocycles. The Bertz CT molecular complexity index is 693. The Labute approximate surface area is 161 Å². The Morgan fingerprint density at radius 2 is 2.11 bits per heavy atom. The van der Waals surface area contributed by atoms with Gasteiger partial charge in [-0.3, -0.25) is 5.26 Å². The molecule has 0 spiro atoms. The van der Waals surface area contributed by atoms with E-state index in [0.717, 1.165) is 30.2 Å². The van der Waals surface area contributed by atoms with Crippen molar-refractivity contribution in [2.45, 2.75) is 12.5 Å². The van der Waals surface area contributed by atoms with Crippen LogP contribution in [0, 0.1) is 0 Å². The van der Waals surface area contributed by atoms with Gasteiger partial charge in [0.15, 0.2) is 18.1 Å². The second kappa shape index (κ2) is 11.4. The van der Waals surface area contributed by atoms with Gasteiger partial charge in [0.1, 0.15) is 19.3 Å². The number of benzene rings is 1. The van der Waals surface area contributed by atoms with Gasteiger partial charge in [0, 0.05) is 11.3 Å². The van der Waals surface area contributed by atoms with E-state index in [1.54, 1.807) is 11.3 Å². The predicted octanol–water partition coefficient (Wildman–Crippen LogP) is 2.81. The van der Waals surface area contributed by atoms with E-state index >= 15 is 0 Å². The minimum absolute atomic E-state index is 0.0227. The maximum absolute atomic E-state index is 9.31. The molecule has 1 aliphatic rings. The third-order valence-corrected chi connectivity index (χ3v) is 4.47. The molecule has 2 heterocycles. The van der Waals surface area contributed by atoms with Gasteiger partial charge >= 0.3 is 5.97 Å². The summed E-state index contributed by atoms with van der Waals surface area (Å²) >= 11 is 1.71. The highest BCUT2D eigenvalue weighted by Gasteiger charge is 2.21. The van der Waals surface area contributed by atoms with Crippen LogP contribution in [0.25, 0.3) is 0 Å². The summed E-state index contributed by atoms with van der Waals surface area (Å²) in [4.78, 5) is 13.7. The van der Waals surface area contributed by atoms with Gasteiger partial charge in [0.25, 0.3) is 0 Å². The fraction of sp³-hybridized carbons (Fsp3) is 0.389. The van der Waals surface area contributed by atoms with Crippen molar-refractivity contribution in [3.63, 3.8) is 0 Å². The van der Waals surface area contributed by atoms with Crippen LogP contribution >= 0.6 is 11.3 Å². The van der Waals surface area contributed by atoms with E-state index in [1.807, 2.05) is 25.2 Å². The quantitative estimate of drug-likeness (QED) is 0.461. The zero-order chi connectivity index (χ0) is 19.5. The largest absolute Gasteiger partial charge is 0.486 e. The summed E-state index contributed by atoms with van der Waals surface area (Å²) < 4.78 is 17.5. The van der Waals surface area contributed by atoms with Gasteiger partial charge in [-0.15, -0.1) is 11.3 Å². The summed E-state index contributed by atoms with van der Waals surface area (Å²) in [6.45, 7) is 1.40. The number of nitrogens with one attached hydrogen (secondary N) is 1. The van der Waals surface area contributed by atoms with Crippen molar-refractivity contribution in [1.82, 2.24) is 5.32 Å². The molecule has 9 heteroatoms. The monoisotopic (exact) mass is 397 g/mol. The van der Waals surface area contributed by atoms with Gasteiger partial charge in [-0.05, 0) is 37.2 Å². The van der Waals surface area contributed by atoms with Gasteiger partial charge in [0.2, 0.25) is 5.75 Å². The molecule has 3 rings (SSSR count). The number of hydrogen-bond donors (Lipinski definition) is 3. The number of fused-ring (bicyclic) bond motifs is 1. The molecule has 0 saturated carbocycles. The fourth-order valence-corrected chi connectivity index (χ4v) is 3.15. The molecule has 8 nitrogen and oxygen atoms in total. The minimum atomic E-state index is -1.18. The van der Waals surface area contributed by atoms with E-state index in [0.29, 0.717) is 13.2 Å². The van der Waals surface area contributed by atoms with Crippen LogP contribution in [-0.2, 0) is 9.68 Å². The maximum Gasteiger partial charge on any atom is 0.333 e. The van der Waals surface area contributed by atoms with Crippen LogP contribution in [0.2, 0.25) is 0 Å². The first kappa shape index (κ1) is 21.0. The van der Waals surface area contributed by atoms with Crippen molar-refractivity contribution in [3.05, 3.63) is 40.6 Å².